The van der Waals surface area contributed by atoms with Crippen LogP contribution in [0.2, 0.25) is 0 Å². The van der Waals surface area contributed by atoms with Gasteiger partial charge in [0.2, 0.25) is 0 Å². The van der Waals surface area contributed by atoms with Crippen LogP contribution in [0.15, 0.2) is 54.6 Å². The number of ether oxygens (including phenoxy) is 1. The van der Waals surface area contributed by atoms with Gasteiger partial charge in [-0.05, 0) is 23.1 Å². The normalized spacial score (nSPS) is 13.9. The quantitative estimate of drug-likeness (QED) is 0.761. The smallest absolute Gasteiger partial charge is 0.163 e. The largest absolute Gasteiger partial charge is 0.381 e. The van der Waals surface area contributed by atoms with Crippen molar-refractivity contribution in [2.75, 3.05) is 13.7 Å². The number of hydrogen-bond donors (Lipinski definition) is 0. The van der Waals surface area contributed by atoms with Gasteiger partial charge in [0.15, 0.2) is 5.67 Å². The van der Waals surface area contributed by atoms with Gasteiger partial charge in [-0.3, -0.25) is 0 Å². The van der Waals surface area contributed by atoms with E-state index in [4.69, 9.17) is 4.74 Å². The summed E-state index contributed by atoms with van der Waals surface area (Å²) in [5.74, 6) is 0. The van der Waals surface area contributed by atoms with E-state index in [2.05, 4.69) is 6.92 Å². The van der Waals surface area contributed by atoms with Gasteiger partial charge >= 0.3 is 0 Å². The fraction of sp³-hybridized carbons (Fsp3) is 0.333. The van der Waals surface area contributed by atoms with Crippen LogP contribution < -0.4 is 0 Å². The van der Waals surface area contributed by atoms with Gasteiger partial charge in [0.25, 0.3) is 0 Å². The van der Waals surface area contributed by atoms with E-state index in [9.17, 15) is 0 Å². The minimum absolute atomic E-state index is 0.0629. The summed E-state index contributed by atoms with van der Waals surface area (Å²) in [5.41, 5.74) is 1.39. The zero-order valence-corrected chi connectivity index (χ0v) is 12.1. The van der Waals surface area contributed by atoms with Gasteiger partial charge in [0.1, 0.15) is 0 Å². The third-order valence-electron chi connectivity index (χ3n) is 3.58. The van der Waals surface area contributed by atoms with Crippen LogP contribution in [0.4, 0.5) is 4.39 Å². The highest BCUT2D eigenvalue weighted by molar-refractivity contribution is 5.30. The highest BCUT2D eigenvalue weighted by Crippen LogP contribution is 2.31. The third-order valence-corrected chi connectivity index (χ3v) is 3.58. The van der Waals surface area contributed by atoms with Gasteiger partial charge in [-0.15, -0.1) is 0 Å². The minimum Gasteiger partial charge on any atom is -0.381 e. The van der Waals surface area contributed by atoms with Gasteiger partial charge < -0.3 is 4.74 Å². The highest BCUT2D eigenvalue weighted by atomic mass is 19.1. The van der Waals surface area contributed by atoms with Crippen molar-refractivity contribution in [1.82, 2.24) is 0 Å². The molecule has 0 amide bonds. The molecule has 0 aliphatic rings. The topological polar surface area (TPSA) is 9.23 Å². The molecule has 2 aromatic rings. The molecule has 0 aliphatic carbocycles. The van der Waals surface area contributed by atoms with Crippen LogP contribution in [0.25, 0.3) is 0 Å². The summed E-state index contributed by atoms with van der Waals surface area (Å²) < 4.78 is 20.4. The first kappa shape index (κ1) is 14.7. The molecule has 0 aromatic heterocycles. The Hall–Kier alpha value is -1.67. The molecule has 106 valence electrons. The molecule has 2 aromatic carbocycles. The molecule has 0 heterocycles. The molecule has 0 bridgehead atoms. The number of benzene rings is 2. The molecular formula is C18H21FO. The standard InChI is InChI=1S/C18H21FO/c1-3-15-9-11-17(12-10-15)18(19,14-20-2)13-16-7-5-4-6-8-16/h4-12H,3,13-14H2,1-2H3. The second kappa shape index (κ2) is 6.67. The zero-order valence-electron chi connectivity index (χ0n) is 12.1. The van der Waals surface area contributed by atoms with Gasteiger partial charge in [-0.1, -0.05) is 61.5 Å². The lowest BCUT2D eigenvalue weighted by Crippen LogP contribution is -2.29. The molecule has 20 heavy (non-hydrogen) atoms. The maximum absolute atomic E-state index is 15.3. The molecule has 1 unspecified atom stereocenters. The Kier molecular flexibility index (Phi) is 4.91. The second-order valence-electron chi connectivity index (χ2n) is 5.11. The molecule has 0 spiro atoms. The maximum Gasteiger partial charge on any atom is 0.163 e. The van der Waals surface area contributed by atoms with Crippen molar-refractivity contribution in [3.63, 3.8) is 0 Å². The summed E-state index contributed by atoms with van der Waals surface area (Å²) in [6.45, 7) is 2.16. The van der Waals surface area contributed by atoms with Crippen LogP contribution in [0.1, 0.15) is 23.6 Å². The van der Waals surface area contributed by atoms with Crippen molar-refractivity contribution < 1.29 is 9.13 Å². The molecule has 2 heteroatoms. The van der Waals surface area contributed by atoms with Crippen molar-refractivity contribution in [3.8, 4) is 0 Å². The predicted octanol–water partition coefficient (Wildman–Crippen LogP) is 4.30. The summed E-state index contributed by atoms with van der Waals surface area (Å²) in [7, 11) is 1.54. The second-order valence-corrected chi connectivity index (χ2v) is 5.11. The number of halogens is 1. The Morgan fingerprint density at radius 3 is 2.15 bits per heavy atom. The van der Waals surface area contributed by atoms with Crippen molar-refractivity contribution >= 4 is 0 Å². The average Bonchev–Trinajstić information content (AvgIpc) is 2.48. The molecule has 0 radical (unpaired) electrons. The Balaban J connectivity index is 2.27. The van der Waals surface area contributed by atoms with E-state index in [-0.39, 0.29) is 6.61 Å². The summed E-state index contributed by atoms with van der Waals surface area (Å²) in [4.78, 5) is 0. The minimum atomic E-state index is -1.48. The molecule has 2 rings (SSSR count). The van der Waals surface area contributed by atoms with E-state index in [0.29, 0.717) is 12.0 Å². The summed E-state index contributed by atoms with van der Waals surface area (Å²) in [5, 5.41) is 0. The van der Waals surface area contributed by atoms with Crippen LogP contribution in [0.3, 0.4) is 0 Å². The van der Waals surface area contributed by atoms with Crippen molar-refractivity contribution in [1.29, 1.82) is 0 Å². The molecule has 0 N–H and O–H groups in total. The van der Waals surface area contributed by atoms with Crippen LogP contribution >= 0.6 is 0 Å². The molecule has 1 nitrogen and oxygen atoms in total. The number of methoxy groups -OCH3 is 1. The average molecular weight is 272 g/mol. The van der Waals surface area contributed by atoms with E-state index < -0.39 is 5.67 Å². The Morgan fingerprint density at radius 1 is 0.950 bits per heavy atom. The van der Waals surface area contributed by atoms with Gasteiger partial charge in [0, 0.05) is 13.5 Å². The maximum atomic E-state index is 15.3. The first-order valence-electron chi connectivity index (χ1n) is 6.99. The van der Waals surface area contributed by atoms with E-state index in [1.807, 2.05) is 54.6 Å². The number of alkyl halides is 1. The fourth-order valence-electron chi connectivity index (χ4n) is 2.42. The van der Waals surface area contributed by atoms with E-state index in [1.165, 1.54) is 5.56 Å². The van der Waals surface area contributed by atoms with Crippen LogP contribution in [0, 0.1) is 0 Å². The lowest BCUT2D eigenvalue weighted by atomic mass is 9.89. The summed E-state index contributed by atoms with van der Waals surface area (Å²) in [6, 6.07) is 17.4. The fourth-order valence-corrected chi connectivity index (χ4v) is 2.42. The molecule has 1 atom stereocenters. The number of hydrogen-bond acceptors (Lipinski definition) is 1. The molecule has 0 aliphatic heterocycles. The van der Waals surface area contributed by atoms with Gasteiger partial charge in [-0.25, -0.2) is 4.39 Å². The SMILES string of the molecule is CCc1ccc(C(F)(COC)Cc2ccccc2)cc1. The predicted molar refractivity (Wildman–Crippen MR) is 80.6 cm³/mol. The zero-order chi connectivity index (χ0) is 14.4. The van der Waals surface area contributed by atoms with E-state index >= 15 is 4.39 Å². The summed E-state index contributed by atoms with van der Waals surface area (Å²) in [6.07, 6.45) is 1.29. The Labute approximate surface area is 120 Å². The van der Waals surface area contributed by atoms with Crippen molar-refractivity contribution in [2.45, 2.75) is 25.4 Å². The number of rotatable bonds is 6. The van der Waals surface area contributed by atoms with Crippen molar-refractivity contribution in [3.05, 3.63) is 71.3 Å². The van der Waals surface area contributed by atoms with Crippen LogP contribution in [-0.4, -0.2) is 13.7 Å². The first-order chi connectivity index (χ1) is 9.68. The molecule has 0 saturated carbocycles. The third kappa shape index (κ3) is 3.45. The Bertz CT molecular complexity index is 521. The van der Waals surface area contributed by atoms with Crippen LogP contribution in [0.5, 0.6) is 0 Å². The van der Waals surface area contributed by atoms with E-state index in [1.54, 1.807) is 7.11 Å². The summed E-state index contributed by atoms with van der Waals surface area (Å²) >= 11 is 0. The van der Waals surface area contributed by atoms with Gasteiger partial charge in [-0.2, -0.15) is 0 Å². The molecular weight excluding hydrogens is 251 g/mol. The van der Waals surface area contributed by atoms with Crippen molar-refractivity contribution in [2.24, 2.45) is 0 Å². The lowest BCUT2D eigenvalue weighted by molar-refractivity contribution is 0.0383. The number of aryl methyl sites for hydroxylation is 1. The molecule has 0 saturated heterocycles. The molecule has 0 fully saturated rings. The van der Waals surface area contributed by atoms with E-state index in [0.717, 1.165) is 12.0 Å². The first-order valence-corrected chi connectivity index (χ1v) is 6.99. The van der Waals surface area contributed by atoms with Gasteiger partial charge in [0.05, 0.1) is 6.61 Å². The highest BCUT2D eigenvalue weighted by Gasteiger charge is 2.32. The Morgan fingerprint density at radius 2 is 1.60 bits per heavy atom. The van der Waals surface area contributed by atoms with Crippen LogP contribution in [-0.2, 0) is 23.2 Å². The lowest BCUT2D eigenvalue weighted by Gasteiger charge is -2.25. The monoisotopic (exact) mass is 272 g/mol.